The topological polar surface area (TPSA) is 71.3 Å². The maximum Gasteiger partial charge on any atom is 0.263 e. The number of hydrogen-bond donors (Lipinski definition) is 0. The summed E-state index contributed by atoms with van der Waals surface area (Å²) in [7, 11) is 1.69. The minimum Gasteiger partial charge on any atom is -0.337 e. The molecule has 7 nitrogen and oxygen atoms in total. The molecule has 3 heterocycles. The smallest absolute Gasteiger partial charge is 0.263 e. The minimum atomic E-state index is -0.230. The average Bonchev–Trinajstić information content (AvgIpc) is 2.60. The Balaban J connectivity index is 1.77. The molecule has 0 spiro atoms. The summed E-state index contributed by atoms with van der Waals surface area (Å²) in [6.45, 7) is 6.08. The number of hydrogen-bond acceptors (Lipinski definition) is 5. The van der Waals surface area contributed by atoms with E-state index in [0.717, 1.165) is 11.3 Å². The summed E-state index contributed by atoms with van der Waals surface area (Å²) in [6, 6.07) is 3.65. The molecule has 1 saturated heterocycles. The summed E-state index contributed by atoms with van der Waals surface area (Å²) >= 11 is 0. The lowest BCUT2D eigenvalue weighted by Crippen LogP contribution is -2.50. The first kappa shape index (κ1) is 16.2. The predicted octanol–water partition coefficient (Wildman–Crippen LogP) is 0.755. The zero-order valence-corrected chi connectivity index (χ0v) is 14.2. The molecular weight excluding hydrogens is 306 g/mol. The van der Waals surface area contributed by atoms with E-state index in [2.05, 4.69) is 9.97 Å². The fraction of sp³-hybridized carbons (Fsp3) is 0.412. The van der Waals surface area contributed by atoms with Gasteiger partial charge in [-0.1, -0.05) is 0 Å². The van der Waals surface area contributed by atoms with Crippen molar-refractivity contribution in [2.45, 2.75) is 13.8 Å². The van der Waals surface area contributed by atoms with Crippen molar-refractivity contribution < 1.29 is 4.79 Å². The van der Waals surface area contributed by atoms with Crippen molar-refractivity contribution in [2.75, 3.05) is 31.1 Å². The maximum atomic E-state index is 12.8. The number of rotatable bonds is 2. The summed E-state index contributed by atoms with van der Waals surface area (Å²) in [4.78, 5) is 37.5. The molecule has 2 aromatic heterocycles. The highest BCUT2D eigenvalue weighted by Crippen LogP contribution is 2.13. The van der Waals surface area contributed by atoms with Gasteiger partial charge in [-0.3, -0.25) is 9.59 Å². The van der Waals surface area contributed by atoms with Crippen LogP contribution in [0.4, 0.5) is 5.95 Å². The van der Waals surface area contributed by atoms with Gasteiger partial charge in [0.25, 0.3) is 11.5 Å². The molecule has 1 aliphatic rings. The molecule has 126 valence electrons. The van der Waals surface area contributed by atoms with Gasteiger partial charge in [0, 0.05) is 51.3 Å². The molecule has 0 aromatic carbocycles. The van der Waals surface area contributed by atoms with Crippen LogP contribution in [0.2, 0.25) is 0 Å². The highest BCUT2D eigenvalue weighted by Gasteiger charge is 2.26. The molecule has 1 amide bonds. The van der Waals surface area contributed by atoms with Gasteiger partial charge in [0.1, 0.15) is 5.56 Å². The van der Waals surface area contributed by atoms with Gasteiger partial charge < -0.3 is 14.4 Å². The first-order chi connectivity index (χ1) is 11.5. The molecule has 0 N–H and O–H groups in total. The van der Waals surface area contributed by atoms with Crippen molar-refractivity contribution in [1.82, 2.24) is 19.4 Å². The molecular formula is C17H21N5O2. The van der Waals surface area contributed by atoms with E-state index in [9.17, 15) is 9.59 Å². The second-order valence-electron chi connectivity index (χ2n) is 6.04. The van der Waals surface area contributed by atoms with Gasteiger partial charge in [-0.25, -0.2) is 9.97 Å². The molecule has 2 aromatic rings. The van der Waals surface area contributed by atoms with Gasteiger partial charge in [-0.2, -0.15) is 0 Å². The summed E-state index contributed by atoms with van der Waals surface area (Å²) in [5.74, 6) is 0.480. The van der Waals surface area contributed by atoms with Crippen molar-refractivity contribution in [3.05, 3.63) is 51.7 Å². The number of aromatic nitrogens is 3. The van der Waals surface area contributed by atoms with E-state index in [1.807, 2.05) is 24.8 Å². The van der Waals surface area contributed by atoms with Crippen LogP contribution in [-0.4, -0.2) is 51.5 Å². The van der Waals surface area contributed by atoms with Gasteiger partial charge in [0.2, 0.25) is 5.95 Å². The van der Waals surface area contributed by atoms with Crippen LogP contribution in [0.3, 0.4) is 0 Å². The SMILES string of the molecule is Cc1cc(C)n(C)c(=O)c1C(=O)N1CCN(c2ncccn2)CC1. The minimum absolute atomic E-state index is 0.193. The standard InChI is InChI=1S/C17H21N5O2/c1-12-11-13(2)20(3)15(23)14(12)16(24)21-7-9-22(10-8-21)17-18-5-4-6-19-17/h4-6,11H,7-10H2,1-3H3. The van der Waals surface area contributed by atoms with Crippen LogP contribution in [0.1, 0.15) is 21.6 Å². The number of anilines is 1. The largest absolute Gasteiger partial charge is 0.337 e. The number of carbonyl (C=O) groups is 1. The Bertz CT molecular complexity index is 808. The number of carbonyl (C=O) groups excluding carboxylic acids is 1. The quantitative estimate of drug-likeness (QED) is 0.814. The molecule has 1 fully saturated rings. The molecule has 3 rings (SSSR count). The van der Waals surface area contributed by atoms with Crippen molar-refractivity contribution >= 4 is 11.9 Å². The van der Waals surface area contributed by atoms with Crippen LogP contribution in [0.15, 0.2) is 29.3 Å². The van der Waals surface area contributed by atoms with E-state index in [-0.39, 0.29) is 17.0 Å². The Morgan fingerprint density at radius 3 is 2.33 bits per heavy atom. The first-order valence-electron chi connectivity index (χ1n) is 7.97. The summed E-state index contributed by atoms with van der Waals surface area (Å²) in [5, 5.41) is 0. The highest BCUT2D eigenvalue weighted by molar-refractivity contribution is 5.95. The van der Waals surface area contributed by atoms with Crippen LogP contribution >= 0.6 is 0 Å². The molecule has 1 aliphatic heterocycles. The van der Waals surface area contributed by atoms with Crippen molar-refractivity contribution in [3.63, 3.8) is 0 Å². The summed E-state index contributed by atoms with van der Waals surface area (Å²) in [5.41, 5.74) is 1.62. The van der Waals surface area contributed by atoms with Gasteiger partial charge in [0.05, 0.1) is 0 Å². The lowest BCUT2D eigenvalue weighted by molar-refractivity contribution is 0.0743. The van der Waals surface area contributed by atoms with E-state index < -0.39 is 0 Å². The second-order valence-corrected chi connectivity index (χ2v) is 6.04. The molecule has 0 radical (unpaired) electrons. The van der Waals surface area contributed by atoms with Crippen LogP contribution < -0.4 is 10.5 Å². The van der Waals surface area contributed by atoms with Crippen molar-refractivity contribution in [1.29, 1.82) is 0 Å². The van der Waals surface area contributed by atoms with E-state index >= 15 is 0 Å². The van der Waals surface area contributed by atoms with Gasteiger partial charge >= 0.3 is 0 Å². The summed E-state index contributed by atoms with van der Waals surface area (Å²) in [6.07, 6.45) is 3.42. The number of pyridine rings is 1. The normalized spacial score (nSPS) is 14.8. The third-order valence-corrected chi connectivity index (χ3v) is 4.48. The molecule has 0 unspecified atom stereocenters. The average molecular weight is 327 g/mol. The fourth-order valence-corrected chi connectivity index (χ4v) is 2.96. The zero-order valence-electron chi connectivity index (χ0n) is 14.2. The lowest BCUT2D eigenvalue weighted by Gasteiger charge is -2.34. The molecule has 0 atom stereocenters. The van der Waals surface area contributed by atoms with E-state index in [0.29, 0.717) is 32.1 Å². The number of amides is 1. The Morgan fingerprint density at radius 1 is 1.08 bits per heavy atom. The first-order valence-corrected chi connectivity index (χ1v) is 7.97. The zero-order chi connectivity index (χ0) is 17.3. The van der Waals surface area contributed by atoms with Gasteiger partial charge in [-0.05, 0) is 31.5 Å². The van der Waals surface area contributed by atoms with Crippen molar-refractivity contribution in [2.24, 2.45) is 7.05 Å². The van der Waals surface area contributed by atoms with E-state index in [1.165, 1.54) is 4.57 Å². The Morgan fingerprint density at radius 2 is 1.71 bits per heavy atom. The number of aryl methyl sites for hydroxylation is 2. The number of piperazine rings is 1. The highest BCUT2D eigenvalue weighted by atomic mass is 16.2. The van der Waals surface area contributed by atoms with E-state index in [1.54, 1.807) is 30.4 Å². The van der Waals surface area contributed by atoms with Crippen LogP contribution in [0.25, 0.3) is 0 Å². The summed E-state index contributed by atoms with van der Waals surface area (Å²) < 4.78 is 1.52. The van der Waals surface area contributed by atoms with Gasteiger partial charge in [0.15, 0.2) is 0 Å². The second kappa shape index (κ2) is 6.43. The number of nitrogens with zero attached hydrogens (tertiary/aromatic N) is 5. The fourth-order valence-electron chi connectivity index (χ4n) is 2.96. The molecule has 24 heavy (non-hydrogen) atoms. The molecule has 0 bridgehead atoms. The Hall–Kier alpha value is -2.70. The van der Waals surface area contributed by atoms with Crippen LogP contribution in [0, 0.1) is 13.8 Å². The molecule has 0 aliphatic carbocycles. The third-order valence-electron chi connectivity index (χ3n) is 4.48. The maximum absolute atomic E-state index is 12.8. The molecule has 7 heteroatoms. The lowest BCUT2D eigenvalue weighted by atomic mass is 10.1. The monoisotopic (exact) mass is 327 g/mol. The predicted molar refractivity (Wildman–Crippen MR) is 91.3 cm³/mol. The van der Waals surface area contributed by atoms with E-state index in [4.69, 9.17) is 0 Å². The third kappa shape index (κ3) is 2.89. The van der Waals surface area contributed by atoms with Crippen LogP contribution in [0.5, 0.6) is 0 Å². The Labute approximate surface area is 140 Å². The molecule has 0 saturated carbocycles. The Kier molecular flexibility index (Phi) is 4.33. The van der Waals surface area contributed by atoms with Crippen molar-refractivity contribution in [3.8, 4) is 0 Å². The van der Waals surface area contributed by atoms with Gasteiger partial charge in [-0.15, -0.1) is 0 Å². The van der Waals surface area contributed by atoms with Crippen LogP contribution in [-0.2, 0) is 7.05 Å².